The number of anilines is 1. The molecular weight excluding hydrogens is 455 g/mol. The molecule has 0 N–H and O–H groups in total. The zero-order valence-corrected chi connectivity index (χ0v) is 19.6. The van der Waals surface area contributed by atoms with Gasteiger partial charge >= 0.3 is 0 Å². The molecule has 174 valence electrons. The van der Waals surface area contributed by atoms with Gasteiger partial charge in [0.15, 0.2) is 4.87 Å². The van der Waals surface area contributed by atoms with Gasteiger partial charge in [-0.2, -0.15) is 0 Å². The third-order valence-corrected chi connectivity index (χ3v) is 7.67. The molecule has 0 saturated carbocycles. The molecule has 8 heteroatoms. The second kappa shape index (κ2) is 8.68. The first kappa shape index (κ1) is 22.3. The highest BCUT2D eigenvalue weighted by molar-refractivity contribution is 8.01. The van der Waals surface area contributed by atoms with Crippen LogP contribution in [0.4, 0.5) is 10.1 Å². The topological polar surface area (TPSA) is 59.1 Å². The Morgan fingerprint density at radius 1 is 1.03 bits per heavy atom. The Bertz CT molecular complexity index is 1280. The zero-order valence-electron chi connectivity index (χ0n) is 18.8. The van der Waals surface area contributed by atoms with Gasteiger partial charge in [0.1, 0.15) is 17.3 Å². The van der Waals surface area contributed by atoms with Crippen molar-refractivity contribution < 1.29 is 23.5 Å². The monoisotopic (exact) mass is 478 g/mol. The molecule has 3 aromatic carbocycles. The lowest BCUT2D eigenvalue weighted by Gasteiger charge is -2.33. The van der Waals surface area contributed by atoms with Crippen molar-refractivity contribution in [3.8, 4) is 11.5 Å². The van der Waals surface area contributed by atoms with E-state index < -0.39 is 4.87 Å². The second-order valence-electron chi connectivity index (χ2n) is 8.05. The smallest absolute Gasteiger partial charge is 0.268 e. The molecule has 34 heavy (non-hydrogen) atoms. The highest BCUT2D eigenvalue weighted by Gasteiger charge is 2.59. The molecule has 0 unspecified atom stereocenters. The highest BCUT2D eigenvalue weighted by atomic mass is 32.2. The summed E-state index contributed by atoms with van der Waals surface area (Å²) in [5.41, 5.74) is 2.16. The lowest BCUT2D eigenvalue weighted by Crippen LogP contribution is -2.50. The van der Waals surface area contributed by atoms with E-state index in [0.29, 0.717) is 46.2 Å². The Balaban J connectivity index is 1.61. The Labute approximate surface area is 201 Å². The molecule has 2 aliphatic rings. The number of ether oxygens (including phenoxy) is 2. The van der Waals surface area contributed by atoms with Crippen LogP contribution in [0.3, 0.4) is 0 Å². The summed E-state index contributed by atoms with van der Waals surface area (Å²) in [5, 5.41) is 0. The number of fused-ring (bicyclic) bond motifs is 2. The van der Waals surface area contributed by atoms with Crippen LogP contribution in [0.15, 0.2) is 66.7 Å². The lowest BCUT2D eigenvalue weighted by atomic mass is 10.0. The van der Waals surface area contributed by atoms with Gasteiger partial charge in [0.2, 0.25) is 0 Å². The number of amides is 2. The molecule has 0 aliphatic carbocycles. The molecule has 5 rings (SSSR count). The van der Waals surface area contributed by atoms with Crippen LogP contribution in [-0.4, -0.2) is 43.2 Å². The van der Waals surface area contributed by atoms with E-state index in [1.807, 2.05) is 0 Å². The summed E-state index contributed by atoms with van der Waals surface area (Å²) in [5.74, 6) is 0.824. The number of nitrogens with zero attached hydrogens (tertiary/aromatic N) is 2. The van der Waals surface area contributed by atoms with Crippen LogP contribution in [0.1, 0.15) is 21.5 Å². The fraction of sp³-hybridized carbons (Fsp3) is 0.231. The first-order valence-corrected chi connectivity index (χ1v) is 11.8. The standard InChI is InChI=1S/C26H23FN2O4S/c1-32-19-8-5-7-17(14-19)24(30)29-12-13-34-26(29)21-15-20(33-2)10-11-23(21)28(25(26)31)16-18-6-3-4-9-22(18)27/h3-11,14-15H,12-13,16H2,1-2H3/t26-/m0/s1. The number of halogens is 1. The molecule has 1 fully saturated rings. The minimum Gasteiger partial charge on any atom is -0.497 e. The van der Waals surface area contributed by atoms with E-state index in [2.05, 4.69) is 0 Å². The van der Waals surface area contributed by atoms with Crippen molar-refractivity contribution in [3.63, 3.8) is 0 Å². The number of carbonyl (C=O) groups is 2. The lowest BCUT2D eigenvalue weighted by molar-refractivity contribution is -0.123. The zero-order chi connectivity index (χ0) is 23.9. The van der Waals surface area contributed by atoms with E-state index in [9.17, 15) is 14.0 Å². The summed E-state index contributed by atoms with van der Waals surface area (Å²) in [6.07, 6.45) is 0. The fourth-order valence-corrected chi connectivity index (χ4v) is 6.04. The van der Waals surface area contributed by atoms with E-state index in [1.165, 1.54) is 17.8 Å². The number of thioether (sulfide) groups is 1. The SMILES string of the molecule is COc1cccc(C(=O)N2CCS[C@@]23C(=O)N(Cc2ccccc2F)c2ccc(OC)cc23)c1. The molecule has 2 amide bonds. The molecular formula is C26H23FN2O4S. The second-order valence-corrected chi connectivity index (χ2v) is 9.33. The largest absolute Gasteiger partial charge is 0.497 e. The minimum atomic E-state index is -1.25. The fourth-order valence-electron chi connectivity index (χ4n) is 4.59. The van der Waals surface area contributed by atoms with Gasteiger partial charge in [-0.1, -0.05) is 24.3 Å². The first-order chi connectivity index (χ1) is 16.5. The van der Waals surface area contributed by atoms with Gasteiger partial charge < -0.3 is 19.3 Å². The van der Waals surface area contributed by atoms with Crippen LogP contribution in [0.5, 0.6) is 11.5 Å². The third kappa shape index (κ3) is 3.40. The highest BCUT2D eigenvalue weighted by Crippen LogP contribution is 2.55. The van der Waals surface area contributed by atoms with E-state index >= 15 is 0 Å². The van der Waals surface area contributed by atoms with Gasteiger partial charge in [0.05, 0.1) is 26.5 Å². The molecule has 0 aromatic heterocycles. The minimum absolute atomic E-state index is 0.0638. The molecule has 1 spiro atoms. The average molecular weight is 479 g/mol. The van der Waals surface area contributed by atoms with Crippen LogP contribution in [0.25, 0.3) is 0 Å². The van der Waals surface area contributed by atoms with Gasteiger partial charge in [0.25, 0.3) is 11.8 Å². The maximum absolute atomic E-state index is 14.5. The van der Waals surface area contributed by atoms with Crippen LogP contribution in [-0.2, 0) is 16.2 Å². The van der Waals surface area contributed by atoms with Crippen molar-refractivity contribution in [2.75, 3.05) is 31.4 Å². The number of hydrogen-bond donors (Lipinski definition) is 0. The molecule has 3 aromatic rings. The molecule has 2 aliphatic heterocycles. The van der Waals surface area contributed by atoms with Crippen molar-refractivity contribution in [2.24, 2.45) is 0 Å². The van der Waals surface area contributed by atoms with Gasteiger partial charge in [0, 0.05) is 29.0 Å². The van der Waals surface area contributed by atoms with E-state index in [0.717, 1.165) is 0 Å². The molecule has 1 saturated heterocycles. The van der Waals surface area contributed by atoms with Crippen molar-refractivity contribution in [2.45, 2.75) is 11.4 Å². The summed E-state index contributed by atoms with van der Waals surface area (Å²) in [6.45, 7) is 0.463. The summed E-state index contributed by atoms with van der Waals surface area (Å²) in [6, 6.07) is 18.7. The number of benzene rings is 3. The summed E-state index contributed by atoms with van der Waals surface area (Å²) in [4.78, 5) is 29.7. The molecule has 6 nitrogen and oxygen atoms in total. The number of rotatable bonds is 5. The van der Waals surface area contributed by atoms with Crippen molar-refractivity contribution in [1.29, 1.82) is 0 Å². The molecule has 2 heterocycles. The normalized spacial score (nSPS) is 19.0. The summed E-state index contributed by atoms with van der Waals surface area (Å²) < 4.78 is 25.2. The van der Waals surface area contributed by atoms with Gasteiger partial charge in [-0.15, -0.1) is 11.8 Å². The van der Waals surface area contributed by atoms with Gasteiger partial charge in [-0.3, -0.25) is 9.59 Å². The molecule has 1 atom stereocenters. The predicted octanol–water partition coefficient (Wildman–Crippen LogP) is 4.43. The van der Waals surface area contributed by atoms with Crippen molar-refractivity contribution >= 4 is 29.3 Å². The number of hydrogen-bond acceptors (Lipinski definition) is 5. The van der Waals surface area contributed by atoms with Crippen LogP contribution in [0.2, 0.25) is 0 Å². The summed E-state index contributed by atoms with van der Waals surface area (Å²) in [7, 11) is 3.10. The van der Waals surface area contributed by atoms with Crippen molar-refractivity contribution in [1.82, 2.24) is 4.90 Å². The van der Waals surface area contributed by atoms with E-state index in [1.54, 1.807) is 84.7 Å². The van der Waals surface area contributed by atoms with Crippen molar-refractivity contribution in [3.05, 3.63) is 89.2 Å². The predicted molar refractivity (Wildman–Crippen MR) is 129 cm³/mol. The van der Waals surface area contributed by atoms with E-state index in [4.69, 9.17) is 9.47 Å². The van der Waals surface area contributed by atoms with Crippen LogP contribution < -0.4 is 14.4 Å². The summed E-state index contributed by atoms with van der Waals surface area (Å²) >= 11 is 1.42. The Morgan fingerprint density at radius 2 is 1.79 bits per heavy atom. The molecule has 0 radical (unpaired) electrons. The molecule has 0 bridgehead atoms. The maximum atomic E-state index is 14.5. The van der Waals surface area contributed by atoms with Crippen LogP contribution >= 0.6 is 11.8 Å². The van der Waals surface area contributed by atoms with E-state index in [-0.39, 0.29) is 24.2 Å². The average Bonchev–Trinajstić information content (AvgIpc) is 3.41. The number of carbonyl (C=O) groups excluding carboxylic acids is 2. The third-order valence-electron chi connectivity index (χ3n) is 6.25. The Kier molecular flexibility index (Phi) is 5.69. The maximum Gasteiger partial charge on any atom is 0.268 e. The van der Waals surface area contributed by atoms with Crippen LogP contribution in [0, 0.1) is 5.82 Å². The number of methoxy groups -OCH3 is 2. The quantitative estimate of drug-likeness (QED) is 0.543. The Morgan fingerprint density at radius 3 is 2.56 bits per heavy atom. The van der Waals surface area contributed by atoms with Gasteiger partial charge in [-0.05, 0) is 42.5 Å². The van der Waals surface area contributed by atoms with Gasteiger partial charge in [-0.25, -0.2) is 4.39 Å². The first-order valence-electron chi connectivity index (χ1n) is 10.8. The Hall–Kier alpha value is -3.52.